The Hall–Kier alpha value is -2.72. The van der Waals surface area contributed by atoms with Gasteiger partial charge in [-0.1, -0.05) is 5.11 Å². The second-order valence-corrected chi connectivity index (χ2v) is 9.15. The lowest BCUT2D eigenvalue weighted by Crippen LogP contribution is -2.64. The Kier molecular flexibility index (Phi) is 11.8. The molecule has 0 unspecified atom stereocenters. The Morgan fingerprint density at radius 1 is 0.857 bits per heavy atom. The first kappa shape index (κ1) is 33.8. The van der Waals surface area contributed by atoms with Crippen molar-refractivity contribution in [1.82, 2.24) is 5.32 Å². The number of rotatable bonds is 11. The van der Waals surface area contributed by atoms with E-state index in [9.17, 15) is 58.1 Å². The number of carbonyl (C=O) groups excluding carboxylic acids is 1. The van der Waals surface area contributed by atoms with Crippen molar-refractivity contribution in [3.05, 3.63) is 39.3 Å². The maximum absolute atomic E-state index is 14.1. The molecule has 8 N–H and O–H groups in total. The molecule has 0 bridgehead atoms. The fourth-order valence-electron chi connectivity index (χ4n) is 4.21. The molecule has 42 heavy (non-hydrogen) atoms. The van der Waals surface area contributed by atoms with Gasteiger partial charge in [-0.25, -0.2) is 17.6 Å². The predicted octanol–water partition coefficient (Wildman–Crippen LogP) is -2.05. The molecule has 1 amide bonds. The van der Waals surface area contributed by atoms with Crippen molar-refractivity contribution in [3.8, 4) is 0 Å². The zero-order valence-corrected chi connectivity index (χ0v) is 21.3. The molecule has 236 valence electrons. The molecule has 0 spiro atoms. The van der Waals surface area contributed by atoms with Crippen LogP contribution in [0.15, 0.2) is 5.11 Å². The third-order valence-corrected chi connectivity index (χ3v) is 6.46. The molecule has 2 saturated heterocycles. The topological polar surface area (TPSA) is 256 Å². The molecule has 20 heteroatoms. The molecule has 0 aromatic heterocycles. The predicted molar refractivity (Wildman–Crippen MR) is 124 cm³/mol. The minimum Gasteiger partial charge on any atom is -0.394 e. The van der Waals surface area contributed by atoms with Crippen LogP contribution in [0.25, 0.3) is 10.4 Å². The average molecular weight is 616 g/mol. The Balaban J connectivity index is 1.55. The van der Waals surface area contributed by atoms with Crippen molar-refractivity contribution in [2.45, 2.75) is 67.8 Å². The number of aliphatic hydroxyl groups excluding tert-OH is 7. The molecule has 10 atom stereocenters. The summed E-state index contributed by atoms with van der Waals surface area (Å²) in [7, 11) is 0. The summed E-state index contributed by atoms with van der Waals surface area (Å²) in [6.45, 7) is -2.30. The zero-order valence-electron chi connectivity index (χ0n) is 21.3. The SMILES string of the molecule is [N-]=[N+]=Nc1c(F)c(F)c(C(=O)NCCCO[C@@H]2O[C@H](CO)[C@@H](O[C@@H]3O[C@H](CO)[C@H](O)[C@H](O)[C@H]3O)[C@H](O)[C@H]2O)c(F)c1F. The van der Waals surface area contributed by atoms with E-state index in [1.807, 2.05) is 10.2 Å². The molecule has 2 aliphatic rings. The highest BCUT2D eigenvalue weighted by atomic mass is 19.2. The van der Waals surface area contributed by atoms with Crippen LogP contribution in [0.1, 0.15) is 16.8 Å². The first-order valence-electron chi connectivity index (χ1n) is 12.3. The number of hydrogen-bond acceptors (Lipinski definition) is 13. The number of benzene rings is 1. The van der Waals surface area contributed by atoms with Gasteiger partial charge >= 0.3 is 0 Å². The standard InChI is InChI=1S/C22H28F4N4O12/c23-9-8(10(24)12(26)13(11(9)25)29-30-27)20(38)28-2-1-3-39-21-18(37)16(35)19(7(5-32)41-21)42-22-17(36)15(34)14(33)6(4-31)40-22/h6-7,14-19,21-22,31-37H,1-5H2,(H,28,38)/t6-,7-,14+,15+,16-,17-,18-,19-,21-,22+/m1/s1. The van der Waals surface area contributed by atoms with E-state index in [4.69, 9.17) is 24.5 Å². The molecular formula is C22H28F4N4O12. The summed E-state index contributed by atoms with van der Waals surface area (Å²) < 4.78 is 77.3. The van der Waals surface area contributed by atoms with Gasteiger partial charge < -0.3 is 60.0 Å². The van der Waals surface area contributed by atoms with E-state index in [0.29, 0.717) is 0 Å². The van der Waals surface area contributed by atoms with E-state index >= 15 is 0 Å². The van der Waals surface area contributed by atoms with Crippen LogP contribution in [-0.4, -0.2) is 129 Å². The molecule has 2 aliphatic heterocycles. The van der Waals surface area contributed by atoms with Crippen LogP contribution < -0.4 is 5.32 Å². The summed E-state index contributed by atoms with van der Waals surface area (Å²) >= 11 is 0. The van der Waals surface area contributed by atoms with Gasteiger partial charge in [0.1, 0.15) is 60.1 Å². The minimum atomic E-state index is -2.09. The van der Waals surface area contributed by atoms with Gasteiger partial charge in [-0.15, -0.1) is 0 Å². The monoisotopic (exact) mass is 616 g/mol. The summed E-state index contributed by atoms with van der Waals surface area (Å²) in [5.74, 6) is -9.88. The van der Waals surface area contributed by atoms with Gasteiger partial charge in [-0.2, -0.15) is 0 Å². The number of halogens is 4. The number of ether oxygens (including phenoxy) is 4. The van der Waals surface area contributed by atoms with E-state index in [2.05, 4.69) is 5.11 Å². The number of aliphatic hydroxyl groups is 7. The molecule has 1 aromatic carbocycles. The first-order valence-corrected chi connectivity index (χ1v) is 12.3. The van der Waals surface area contributed by atoms with E-state index in [1.165, 1.54) is 0 Å². The minimum absolute atomic E-state index is 0.131. The fourth-order valence-corrected chi connectivity index (χ4v) is 4.21. The van der Waals surface area contributed by atoms with Crippen LogP contribution in [-0.2, 0) is 18.9 Å². The maximum Gasteiger partial charge on any atom is 0.257 e. The van der Waals surface area contributed by atoms with Crippen LogP contribution in [0.4, 0.5) is 23.2 Å². The van der Waals surface area contributed by atoms with Crippen molar-refractivity contribution < 1.29 is 77.0 Å². The number of amides is 1. The van der Waals surface area contributed by atoms with E-state index in [0.717, 1.165) is 0 Å². The van der Waals surface area contributed by atoms with E-state index in [-0.39, 0.29) is 19.6 Å². The normalized spacial score (nSPS) is 33.2. The average Bonchev–Trinajstić information content (AvgIpc) is 2.97. The molecule has 1 aromatic rings. The van der Waals surface area contributed by atoms with E-state index < -0.39 is 115 Å². The van der Waals surface area contributed by atoms with Crippen molar-refractivity contribution >= 4 is 11.6 Å². The van der Waals surface area contributed by atoms with Gasteiger partial charge in [0.15, 0.2) is 35.8 Å². The van der Waals surface area contributed by atoms with Crippen molar-refractivity contribution in [2.75, 3.05) is 26.4 Å². The fraction of sp³-hybridized carbons (Fsp3) is 0.682. The highest BCUT2D eigenvalue weighted by molar-refractivity contribution is 5.95. The quantitative estimate of drug-likeness (QED) is 0.0334. The highest BCUT2D eigenvalue weighted by Crippen LogP contribution is 2.31. The number of hydrogen-bond donors (Lipinski definition) is 8. The summed E-state index contributed by atoms with van der Waals surface area (Å²) in [6, 6.07) is 0. The molecule has 0 saturated carbocycles. The molecule has 3 rings (SSSR count). The maximum atomic E-state index is 14.1. The third-order valence-electron chi connectivity index (χ3n) is 6.46. The molecule has 0 radical (unpaired) electrons. The van der Waals surface area contributed by atoms with Gasteiger partial charge in [0, 0.05) is 11.5 Å². The molecule has 2 heterocycles. The second kappa shape index (κ2) is 14.6. The second-order valence-electron chi connectivity index (χ2n) is 9.15. The summed E-state index contributed by atoms with van der Waals surface area (Å²) in [6.07, 6.45) is -16.8. The Labute approximate surface area is 233 Å². The van der Waals surface area contributed by atoms with Gasteiger partial charge in [0.2, 0.25) is 0 Å². The molecule has 0 aliphatic carbocycles. The van der Waals surface area contributed by atoms with Crippen LogP contribution >= 0.6 is 0 Å². The Bertz CT molecular complexity index is 1130. The van der Waals surface area contributed by atoms with Crippen molar-refractivity contribution in [1.29, 1.82) is 0 Å². The lowest BCUT2D eigenvalue weighted by atomic mass is 9.97. The lowest BCUT2D eigenvalue weighted by molar-refractivity contribution is -0.359. The van der Waals surface area contributed by atoms with Crippen LogP contribution in [0.5, 0.6) is 0 Å². The summed E-state index contributed by atoms with van der Waals surface area (Å²) in [4.78, 5) is 14.2. The molecule has 16 nitrogen and oxygen atoms in total. The molecular weight excluding hydrogens is 588 g/mol. The van der Waals surface area contributed by atoms with Gasteiger partial charge in [-0.3, -0.25) is 4.79 Å². The van der Waals surface area contributed by atoms with Crippen LogP contribution in [0.2, 0.25) is 0 Å². The lowest BCUT2D eigenvalue weighted by Gasteiger charge is -2.45. The largest absolute Gasteiger partial charge is 0.394 e. The summed E-state index contributed by atoms with van der Waals surface area (Å²) in [5, 5.41) is 74.4. The number of nitrogens with one attached hydrogen (secondary N) is 1. The molecule has 2 fully saturated rings. The third kappa shape index (κ3) is 6.91. The van der Waals surface area contributed by atoms with Crippen molar-refractivity contribution in [3.63, 3.8) is 0 Å². The smallest absolute Gasteiger partial charge is 0.257 e. The zero-order chi connectivity index (χ0) is 31.3. The van der Waals surface area contributed by atoms with Crippen LogP contribution in [0, 0.1) is 23.3 Å². The van der Waals surface area contributed by atoms with E-state index in [1.54, 1.807) is 0 Å². The summed E-state index contributed by atoms with van der Waals surface area (Å²) in [5.41, 5.74) is 5.07. The Morgan fingerprint density at radius 2 is 1.43 bits per heavy atom. The van der Waals surface area contributed by atoms with Gasteiger partial charge in [0.25, 0.3) is 5.91 Å². The number of carbonyl (C=O) groups is 1. The van der Waals surface area contributed by atoms with Crippen molar-refractivity contribution in [2.24, 2.45) is 5.11 Å². The first-order chi connectivity index (χ1) is 19.9. The Morgan fingerprint density at radius 3 is 2.00 bits per heavy atom. The van der Waals surface area contributed by atoms with Gasteiger partial charge in [-0.05, 0) is 12.0 Å². The van der Waals surface area contributed by atoms with Crippen LogP contribution in [0.3, 0.4) is 0 Å². The van der Waals surface area contributed by atoms with Gasteiger partial charge in [0.05, 0.1) is 19.8 Å². The highest BCUT2D eigenvalue weighted by Gasteiger charge is 2.50. The number of azide groups is 1. The number of nitrogens with zero attached hydrogens (tertiary/aromatic N) is 3.